The van der Waals surface area contributed by atoms with Crippen molar-refractivity contribution in [1.29, 1.82) is 0 Å². The lowest BCUT2D eigenvalue weighted by molar-refractivity contribution is 1.08. The predicted octanol–water partition coefficient (Wildman–Crippen LogP) is 13.1. The minimum atomic E-state index is 0.678. The third-order valence-electron chi connectivity index (χ3n) is 9.51. The molecule has 0 saturated heterocycles. The van der Waals surface area contributed by atoms with Crippen LogP contribution in [0.15, 0.2) is 140 Å². The molecule has 4 aromatic heterocycles. The van der Waals surface area contributed by atoms with E-state index in [1.54, 1.807) is 0 Å². The molecule has 6 heteroatoms. The summed E-state index contributed by atoms with van der Waals surface area (Å²) in [6, 6.07) is 50.2. The van der Waals surface area contributed by atoms with Gasteiger partial charge in [0, 0.05) is 77.2 Å². The molecule has 0 aliphatic carbocycles. The van der Waals surface area contributed by atoms with Crippen LogP contribution in [0.1, 0.15) is 0 Å². The molecule has 4 heterocycles. The Kier molecular flexibility index (Phi) is 5.87. The van der Waals surface area contributed by atoms with Crippen LogP contribution in [-0.4, -0.2) is 15.0 Å². The molecule has 11 rings (SSSR count). The van der Waals surface area contributed by atoms with Crippen molar-refractivity contribution in [2.24, 2.45) is 0 Å². The largest absolute Gasteiger partial charge is 0.208 e. The van der Waals surface area contributed by atoms with Gasteiger partial charge in [-0.1, -0.05) is 97.1 Å². The van der Waals surface area contributed by atoms with Crippen molar-refractivity contribution in [2.75, 3.05) is 0 Å². The number of nitrogens with zero attached hydrogens (tertiary/aromatic N) is 3. The van der Waals surface area contributed by atoms with Gasteiger partial charge in [0.2, 0.25) is 0 Å². The van der Waals surface area contributed by atoms with Crippen molar-refractivity contribution >= 4 is 105 Å². The normalized spacial score (nSPS) is 12.1. The molecule has 3 nitrogen and oxygen atoms in total. The summed E-state index contributed by atoms with van der Waals surface area (Å²) in [6.07, 6.45) is 0. The van der Waals surface area contributed by atoms with E-state index in [0.717, 1.165) is 16.7 Å². The highest BCUT2D eigenvalue weighted by Crippen LogP contribution is 2.40. The van der Waals surface area contributed by atoms with Crippen molar-refractivity contribution in [1.82, 2.24) is 15.0 Å². The van der Waals surface area contributed by atoms with Gasteiger partial charge in [0.1, 0.15) is 0 Å². The van der Waals surface area contributed by atoms with Crippen molar-refractivity contribution in [3.63, 3.8) is 0 Å². The van der Waals surface area contributed by atoms with E-state index in [0.29, 0.717) is 17.5 Å². The van der Waals surface area contributed by atoms with Gasteiger partial charge in [0.25, 0.3) is 0 Å². The molecule has 0 atom stereocenters. The highest BCUT2D eigenvalue weighted by atomic mass is 32.1. The third kappa shape index (κ3) is 4.35. The number of hydrogen-bond donors (Lipinski definition) is 0. The van der Waals surface area contributed by atoms with E-state index < -0.39 is 0 Å². The lowest BCUT2D eigenvalue weighted by Crippen LogP contribution is -2.00. The average Bonchev–Trinajstić information content (AvgIpc) is 3.83. The molecule has 228 valence electrons. The smallest absolute Gasteiger partial charge is 0.164 e. The Bertz CT molecular complexity index is 3000. The van der Waals surface area contributed by atoms with E-state index in [1.807, 2.05) is 34.0 Å². The van der Waals surface area contributed by atoms with Crippen molar-refractivity contribution in [3.05, 3.63) is 140 Å². The average molecular weight is 678 g/mol. The van der Waals surface area contributed by atoms with Gasteiger partial charge >= 0.3 is 0 Å². The Morgan fingerprint density at radius 2 is 0.653 bits per heavy atom. The van der Waals surface area contributed by atoms with Crippen LogP contribution in [0.2, 0.25) is 0 Å². The van der Waals surface area contributed by atoms with Crippen LogP contribution in [0.4, 0.5) is 0 Å². The van der Waals surface area contributed by atoms with E-state index >= 15 is 0 Å². The van der Waals surface area contributed by atoms with Crippen LogP contribution in [-0.2, 0) is 0 Å². The van der Waals surface area contributed by atoms with Crippen LogP contribution in [0.25, 0.3) is 105 Å². The van der Waals surface area contributed by atoms with Crippen LogP contribution in [0.3, 0.4) is 0 Å². The van der Waals surface area contributed by atoms with Crippen LogP contribution in [0, 0.1) is 0 Å². The molecule has 0 radical (unpaired) electrons. The van der Waals surface area contributed by atoms with Crippen LogP contribution in [0.5, 0.6) is 0 Å². The maximum Gasteiger partial charge on any atom is 0.164 e. The van der Waals surface area contributed by atoms with Gasteiger partial charge in [-0.05, 0) is 53.2 Å². The van der Waals surface area contributed by atoms with E-state index in [2.05, 4.69) is 140 Å². The molecule has 11 aromatic rings. The fourth-order valence-electron chi connectivity index (χ4n) is 7.09. The number of benzene rings is 7. The molecule has 0 unspecified atom stereocenters. The van der Waals surface area contributed by atoms with Gasteiger partial charge in [-0.2, -0.15) is 0 Å². The number of rotatable bonds is 3. The van der Waals surface area contributed by atoms with Crippen molar-refractivity contribution in [3.8, 4) is 34.2 Å². The Balaban J connectivity index is 1.11. The number of thiophene rings is 3. The minimum Gasteiger partial charge on any atom is -0.208 e. The van der Waals surface area contributed by atoms with Crippen molar-refractivity contribution in [2.45, 2.75) is 0 Å². The maximum absolute atomic E-state index is 5.15. The maximum atomic E-state index is 5.15. The summed E-state index contributed by atoms with van der Waals surface area (Å²) in [5.74, 6) is 2.04. The Hall–Kier alpha value is -5.53. The highest BCUT2D eigenvalue weighted by molar-refractivity contribution is 7.26. The van der Waals surface area contributed by atoms with Gasteiger partial charge in [0.05, 0.1) is 0 Å². The van der Waals surface area contributed by atoms with Gasteiger partial charge in [0.15, 0.2) is 17.5 Å². The van der Waals surface area contributed by atoms with E-state index in [4.69, 9.17) is 15.0 Å². The van der Waals surface area contributed by atoms with E-state index in [1.165, 1.54) is 71.3 Å². The fraction of sp³-hybridized carbons (Fsp3) is 0. The molecule has 0 aliphatic heterocycles. The summed E-state index contributed by atoms with van der Waals surface area (Å²) < 4.78 is 7.54. The minimum absolute atomic E-state index is 0.678. The standard InChI is InChI=1S/C43H23N3S3/c1-2-8-25-20-40-34(19-24(25)7-1)33-18-15-28(23-39(33)49-40)43-45-41(26-13-16-31-29-9-3-5-11-35(29)47-37(31)21-26)44-42(46-43)27-14-17-32-30-10-4-6-12-36(30)48-38(32)22-27/h1-23H. The molecule has 0 spiro atoms. The molecular weight excluding hydrogens is 655 g/mol. The zero-order chi connectivity index (χ0) is 32.1. The monoisotopic (exact) mass is 677 g/mol. The first kappa shape index (κ1) is 27.4. The summed E-state index contributed by atoms with van der Waals surface area (Å²) in [4.78, 5) is 15.4. The first-order valence-corrected chi connectivity index (χ1v) is 18.6. The Morgan fingerprint density at radius 1 is 0.286 bits per heavy atom. The van der Waals surface area contributed by atoms with Crippen LogP contribution < -0.4 is 0 Å². The summed E-state index contributed by atoms with van der Waals surface area (Å²) in [5.41, 5.74) is 2.96. The second-order valence-corrected chi connectivity index (χ2v) is 15.7. The molecular formula is C43H23N3S3. The SMILES string of the molecule is c1ccc2cc3c(cc2c1)sc1cc(-c2nc(-c4ccc5c(c4)sc4ccccc45)nc(-c4ccc5c(c4)sc4ccccc45)n2)ccc13. The predicted molar refractivity (Wildman–Crippen MR) is 212 cm³/mol. The third-order valence-corrected chi connectivity index (χ3v) is 12.9. The van der Waals surface area contributed by atoms with Gasteiger partial charge in [-0.3, -0.25) is 0 Å². The molecule has 0 bridgehead atoms. The first-order valence-electron chi connectivity index (χ1n) is 16.2. The zero-order valence-corrected chi connectivity index (χ0v) is 28.3. The lowest BCUT2D eigenvalue weighted by atomic mass is 10.1. The fourth-order valence-corrected chi connectivity index (χ4v) is 10.6. The molecule has 0 N–H and O–H groups in total. The lowest BCUT2D eigenvalue weighted by Gasteiger charge is -2.09. The first-order chi connectivity index (χ1) is 24.2. The summed E-state index contributed by atoms with van der Waals surface area (Å²) in [7, 11) is 0. The quantitative estimate of drug-likeness (QED) is 0.187. The molecule has 0 aliphatic rings. The second-order valence-electron chi connectivity index (χ2n) is 12.4. The molecule has 0 amide bonds. The van der Waals surface area contributed by atoms with E-state index in [9.17, 15) is 0 Å². The Morgan fingerprint density at radius 3 is 1.16 bits per heavy atom. The zero-order valence-electron chi connectivity index (χ0n) is 25.8. The van der Waals surface area contributed by atoms with Crippen LogP contribution >= 0.6 is 34.0 Å². The number of fused-ring (bicyclic) bond motifs is 10. The Labute approximate surface area is 292 Å². The molecule has 49 heavy (non-hydrogen) atoms. The van der Waals surface area contributed by atoms with Gasteiger partial charge in [-0.15, -0.1) is 34.0 Å². The highest BCUT2D eigenvalue weighted by Gasteiger charge is 2.17. The molecule has 0 fully saturated rings. The van der Waals surface area contributed by atoms with E-state index in [-0.39, 0.29) is 0 Å². The van der Waals surface area contributed by atoms with Gasteiger partial charge < -0.3 is 0 Å². The topological polar surface area (TPSA) is 38.7 Å². The summed E-state index contributed by atoms with van der Waals surface area (Å²) in [5, 5.41) is 10.2. The molecule has 7 aromatic carbocycles. The number of aromatic nitrogens is 3. The summed E-state index contributed by atoms with van der Waals surface area (Å²) >= 11 is 5.45. The van der Waals surface area contributed by atoms with Crippen molar-refractivity contribution < 1.29 is 0 Å². The second kappa shape index (κ2) is 10.5. The van der Waals surface area contributed by atoms with Gasteiger partial charge in [-0.25, -0.2) is 15.0 Å². The number of hydrogen-bond acceptors (Lipinski definition) is 6. The summed E-state index contributed by atoms with van der Waals surface area (Å²) in [6.45, 7) is 0. The molecule has 0 saturated carbocycles.